The van der Waals surface area contributed by atoms with Crippen LogP contribution < -0.4 is 0 Å². The van der Waals surface area contributed by atoms with Crippen LogP contribution in [0.15, 0.2) is 9.15 Å². The molecule has 90 valence electrons. The maximum atomic E-state index is 12.3. The molecule has 0 N–H and O–H groups in total. The van der Waals surface area contributed by atoms with Gasteiger partial charge in [0.25, 0.3) is 0 Å². The van der Waals surface area contributed by atoms with Gasteiger partial charge in [0.05, 0.1) is 3.58 Å². The van der Waals surface area contributed by atoms with Crippen LogP contribution in [0.25, 0.3) is 0 Å². The zero-order valence-electron chi connectivity index (χ0n) is 9.93. The summed E-state index contributed by atoms with van der Waals surface area (Å²) in [6, 6.07) is 0. The molecular weight excluding hydrogens is 311 g/mol. The van der Waals surface area contributed by atoms with Gasteiger partial charge in [-0.05, 0) is 61.1 Å². The first-order valence-corrected chi connectivity index (χ1v) is 7.78. The van der Waals surface area contributed by atoms with E-state index in [2.05, 4.69) is 22.6 Å². The van der Waals surface area contributed by atoms with E-state index in [0.717, 1.165) is 16.4 Å². The second kappa shape index (κ2) is 6.18. The van der Waals surface area contributed by atoms with Crippen molar-refractivity contribution in [3.8, 4) is 0 Å². The van der Waals surface area contributed by atoms with Gasteiger partial charge in [-0.1, -0.05) is 31.3 Å². The van der Waals surface area contributed by atoms with Crippen LogP contribution in [0, 0.1) is 5.92 Å². The van der Waals surface area contributed by atoms with Crippen molar-refractivity contribution in [2.24, 2.45) is 5.92 Å². The van der Waals surface area contributed by atoms with Crippen LogP contribution in [0.1, 0.15) is 64.2 Å². The number of carbonyl (C=O) groups is 1. The average molecular weight is 332 g/mol. The van der Waals surface area contributed by atoms with Crippen LogP contribution in [0.2, 0.25) is 0 Å². The second-order valence-electron chi connectivity index (χ2n) is 5.18. The van der Waals surface area contributed by atoms with Crippen LogP contribution >= 0.6 is 22.6 Å². The molecule has 1 nitrogen and oxygen atoms in total. The lowest BCUT2D eigenvalue weighted by atomic mass is 9.84. The smallest absolute Gasteiger partial charge is 0.171 e. The summed E-state index contributed by atoms with van der Waals surface area (Å²) < 4.78 is 1.10. The molecule has 0 saturated heterocycles. The molecule has 2 aliphatic carbocycles. The van der Waals surface area contributed by atoms with Crippen molar-refractivity contribution in [2.45, 2.75) is 64.2 Å². The van der Waals surface area contributed by atoms with Gasteiger partial charge < -0.3 is 0 Å². The predicted molar refractivity (Wildman–Crippen MR) is 75.7 cm³/mol. The van der Waals surface area contributed by atoms with Gasteiger partial charge in [-0.25, -0.2) is 0 Å². The quantitative estimate of drug-likeness (QED) is 0.525. The van der Waals surface area contributed by atoms with Gasteiger partial charge in [0.1, 0.15) is 0 Å². The molecule has 0 aromatic carbocycles. The van der Waals surface area contributed by atoms with Crippen LogP contribution in [-0.4, -0.2) is 5.78 Å². The van der Waals surface area contributed by atoms with Crippen molar-refractivity contribution in [3.63, 3.8) is 0 Å². The largest absolute Gasteiger partial charge is 0.293 e. The SMILES string of the molecule is O=C(C(I)=C1CCCCC1)C1CCCCC1. The predicted octanol–water partition coefficient (Wildman–Crippen LogP) is 4.79. The molecule has 0 atom stereocenters. The Balaban J connectivity index is 2.01. The lowest BCUT2D eigenvalue weighted by Gasteiger charge is -2.22. The van der Waals surface area contributed by atoms with Gasteiger partial charge in [-0.3, -0.25) is 4.79 Å². The van der Waals surface area contributed by atoms with Crippen molar-refractivity contribution in [1.29, 1.82) is 0 Å². The minimum Gasteiger partial charge on any atom is -0.293 e. The topological polar surface area (TPSA) is 17.1 Å². The number of Topliss-reactive ketones (excluding diaryl/α,β-unsaturated/α-hetero) is 1. The van der Waals surface area contributed by atoms with Crippen molar-refractivity contribution in [2.75, 3.05) is 0 Å². The fourth-order valence-electron chi connectivity index (χ4n) is 2.92. The zero-order valence-corrected chi connectivity index (χ0v) is 12.1. The van der Waals surface area contributed by atoms with E-state index in [4.69, 9.17) is 0 Å². The molecule has 0 unspecified atom stereocenters. The minimum absolute atomic E-state index is 0.357. The maximum Gasteiger partial charge on any atom is 0.171 e. The highest BCUT2D eigenvalue weighted by Gasteiger charge is 2.25. The fraction of sp³-hybridized carbons (Fsp3) is 0.786. The van der Waals surface area contributed by atoms with Crippen LogP contribution in [0.3, 0.4) is 0 Å². The molecule has 0 heterocycles. The zero-order chi connectivity index (χ0) is 11.4. The van der Waals surface area contributed by atoms with E-state index in [0.29, 0.717) is 11.7 Å². The van der Waals surface area contributed by atoms with E-state index in [1.54, 1.807) is 0 Å². The van der Waals surface area contributed by atoms with Crippen LogP contribution in [0.4, 0.5) is 0 Å². The molecule has 2 rings (SSSR count). The lowest BCUT2D eigenvalue weighted by molar-refractivity contribution is -0.119. The molecule has 0 aromatic rings. The Bertz CT molecular complexity index is 279. The molecule has 0 aliphatic heterocycles. The summed E-state index contributed by atoms with van der Waals surface area (Å²) in [7, 11) is 0. The molecule has 0 bridgehead atoms. The summed E-state index contributed by atoms with van der Waals surface area (Å²) in [5.74, 6) is 0.826. The highest BCUT2D eigenvalue weighted by Crippen LogP contribution is 2.34. The Morgan fingerprint density at radius 1 is 0.938 bits per heavy atom. The molecule has 2 saturated carbocycles. The van der Waals surface area contributed by atoms with Crippen LogP contribution in [-0.2, 0) is 4.79 Å². The summed E-state index contributed by atoms with van der Waals surface area (Å²) in [6.45, 7) is 0. The highest BCUT2D eigenvalue weighted by atomic mass is 127. The van der Waals surface area contributed by atoms with Crippen LogP contribution in [0.5, 0.6) is 0 Å². The number of halogens is 1. The van der Waals surface area contributed by atoms with Gasteiger partial charge in [-0.15, -0.1) is 0 Å². The van der Waals surface area contributed by atoms with E-state index in [-0.39, 0.29) is 0 Å². The number of carbonyl (C=O) groups excluding carboxylic acids is 1. The van der Waals surface area contributed by atoms with Crippen molar-refractivity contribution in [1.82, 2.24) is 0 Å². The number of hydrogen-bond donors (Lipinski definition) is 0. The molecule has 2 aliphatic rings. The summed E-state index contributed by atoms with van der Waals surface area (Å²) in [5.41, 5.74) is 1.46. The Hall–Kier alpha value is 0.140. The molecule has 0 spiro atoms. The van der Waals surface area contributed by atoms with E-state index in [9.17, 15) is 4.79 Å². The van der Waals surface area contributed by atoms with Gasteiger partial charge in [-0.2, -0.15) is 0 Å². The molecular formula is C14H21IO. The van der Waals surface area contributed by atoms with Gasteiger partial charge in [0.2, 0.25) is 0 Å². The normalized spacial score (nSPS) is 23.2. The summed E-state index contributed by atoms with van der Waals surface area (Å²) in [6.07, 6.45) is 12.4. The molecule has 0 radical (unpaired) electrons. The summed E-state index contributed by atoms with van der Waals surface area (Å²) >= 11 is 2.32. The molecule has 2 fully saturated rings. The third kappa shape index (κ3) is 3.08. The van der Waals surface area contributed by atoms with Crippen molar-refractivity contribution < 1.29 is 4.79 Å². The Kier molecular flexibility index (Phi) is 4.86. The third-order valence-corrected chi connectivity index (χ3v) is 5.25. The summed E-state index contributed by atoms with van der Waals surface area (Å²) in [4.78, 5) is 12.3. The molecule has 0 aromatic heterocycles. The van der Waals surface area contributed by atoms with Crippen molar-refractivity contribution in [3.05, 3.63) is 9.15 Å². The fourth-order valence-corrected chi connectivity index (χ4v) is 3.90. The van der Waals surface area contributed by atoms with Gasteiger partial charge in [0.15, 0.2) is 5.78 Å². The molecule has 2 heteroatoms. The van der Waals surface area contributed by atoms with E-state index < -0.39 is 0 Å². The van der Waals surface area contributed by atoms with Crippen molar-refractivity contribution >= 4 is 28.4 Å². The molecule has 16 heavy (non-hydrogen) atoms. The standard InChI is InChI=1S/C14H21IO/c15-13(11-7-3-1-4-8-11)14(16)12-9-5-2-6-10-12/h12H,1-10H2. The monoisotopic (exact) mass is 332 g/mol. The first kappa shape index (κ1) is 12.6. The number of hydrogen-bond acceptors (Lipinski definition) is 1. The first-order valence-electron chi connectivity index (χ1n) is 6.71. The molecule has 0 amide bonds. The second-order valence-corrected chi connectivity index (χ2v) is 6.26. The Labute approximate surface area is 112 Å². The van der Waals surface area contributed by atoms with Gasteiger partial charge in [0, 0.05) is 5.92 Å². The number of allylic oxidation sites excluding steroid dienone is 2. The van der Waals surface area contributed by atoms with E-state index in [1.807, 2.05) is 0 Å². The van der Waals surface area contributed by atoms with Gasteiger partial charge >= 0.3 is 0 Å². The highest BCUT2D eigenvalue weighted by molar-refractivity contribution is 14.1. The Morgan fingerprint density at radius 3 is 2.12 bits per heavy atom. The third-order valence-electron chi connectivity index (χ3n) is 3.96. The minimum atomic E-state index is 0.357. The lowest BCUT2D eigenvalue weighted by Crippen LogP contribution is -2.18. The Morgan fingerprint density at radius 2 is 1.50 bits per heavy atom. The number of rotatable bonds is 2. The maximum absolute atomic E-state index is 12.3. The van der Waals surface area contributed by atoms with E-state index >= 15 is 0 Å². The average Bonchev–Trinajstić information content (AvgIpc) is 2.39. The summed E-state index contributed by atoms with van der Waals surface area (Å²) in [5, 5.41) is 0. The first-order chi connectivity index (χ1) is 7.79. The van der Waals surface area contributed by atoms with E-state index in [1.165, 1.54) is 56.9 Å². The number of ketones is 1.